The molecule has 3 aromatic carbocycles. The SMILES string of the molecule is O=c1oc2c(-c3cccc(Cl)c3)nn(-c3ccccc3)c2c2ccccc12. The molecule has 0 aliphatic heterocycles. The first-order chi connectivity index (χ1) is 13.2. The molecule has 5 rings (SSSR count). The second kappa shape index (κ2) is 6.11. The maximum atomic E-state index is 12.6. The highest BCUT2D eigenvalue weighted by Crippen LogP contribution is 2.33. The Labute approximate surface area is 159 Å². The molecule has 0 N–H and O–H groups in total. The van der Waals surface area contributed by atoms with Crippen LogP contribution < -0.4 is 5.63 Å². The lowest BCUT2D eigenvalue weighted by Gasteiger charge is -2.04. The number of hydrogen-bond donors (Lipinski definition) is 0. The van der Waals surface area contributed by atoms with Crippen molar-refractivity contribution in [2.24, 2.45) is 0 Å². The number of nitrogens with zero attached hydrogens (tertiary/aromatic N) is 2. The van der Waals surface area contributed by atoms with Crippen molar-refractivity contribution in [3.63, 3.8) is 0 Å². The van der Waals surface area contributed by atoms with Gasteiger partial charge in [0.2, 0.25) is 0 Å². The summed E-state index contributed by atoms with van der Waals surface area (Å²) in [5.74, 6) is 0. The fraction of sp³-hybridized carbons (Fsp3) is 0. The molecule has 0 spiro atoms. The van der Waals surface area contributed by atoms with Crippen LogP contribution >= 0.6 is 11.6 Å². The zero-order valence-electron chi connectivity index (χ0n) is 14.1. The molecule has 4 nitrogen and oxygen atoms in total. The van der Waals surface area contributed by atoms with E-state index in [1.807, 2.05) is 71.4 Å². The third-order valence-corrected chi connectivity index (χ3v) is 4.77. The second-order valence-electron chi connectivity index (χ2n) is 6.22. The summed E-state index contributed by atoms with van der Waals surface area (Å²) in [4.78, 5) is 12.6. The molecule has 5 aromatic rings. The van der Waals surface area contributed by atoms with E-state index in [0.717, 1.165) is 22.2 Å². The van der Waals surface area contributed by atoms with Gasteiger partial charge in [-0.05, 0) is 30.3 Å². The predicted octanol–water partition coefficient (Wildman–Crippen LogP) is 5.45. The Morgan fingerprint density at radius 3 is 2.37 bits per heavy atom. The molecule has 0 atom stereocenters. The Balaban J connectivity index is 1.97. The topological polar surface area (TPSA) is 48.0 Å². The Bertz CT molecular complexity index is 1350. The van der Waals surface area contributed by atoms with E-state index >= 15 is 0 Å². The minimum absolute atomic E-state index is 0.381. The molecule has 0 aliphatic carbocycles. The molecule has 0 saturated carbocycles. The van der Waals surface area contributed by atoms with Gasteiger partial charge in [0.15, 0.2) is 5.58 Å². The van der Waals surface area contributed by atoms with Crippen LogP contribution in [0.2, 0.25) is 5.02 Å². The van der Waals surface area contributed by atoms with Gasteiger partial charge in [0.25, 0.3) is 0 Å². The van der Waals surface area contributed by atoms with Gasteiger partial charge >= 0.3 is 5.63 Å². The molecule has 27 heavy (non-hydrogen) atoms. The van der Waals surface area contributed by atoms with Gasteiger partial charge in [0.1, 0.15) is 11.2 Å². The molecule has 0 fully saturated rings. The number of fused-ring (bicyclic) bond motifs is 3. The van der Waals surface area contributed by atoms with Crippen LogP contribution in [0.25, 0.3) is 38.8 Å². The molecular formula is C22H13ClN2O2. The van der Waals surface area contributed by atoms with Gasteiger partial charge in [-0.3, -0.25) is 0 Å². The van der Waals surface area contributed by atoms with E-state index in [0.29, 0.717) is 21.7 Å². The summed E-state index contributed by atoms with van der Waals surface area (Å²) in [6, 6.07) is 24.6. The summed E-state index contributed by atoms with van der Waals surface area (Å²) in [6.07, 6.45) is 0. The van der Waals surface area contributed by atoms with Crippen LogP contribution in [0.15, 0.2) is 88.1 Å². The summed E-state index contributed by atoms with van der Waals surface area (Å²) in [7, 11) is 0. The Hall–Kier alpha value is -3.37. The molecule has 2 heterocycles. The Morgan fingerprint density at radius 1 is 0.852 bits per heavy atom. The summed E-state index contributed by atoms with van der Waals surface area (Å²) in [5.41, 5.74) is 3.08. The van der Waals surface area contributed by atoms with Crippen molar-refractivity contribution in [3.8, 4) is 16.9 Å². The largest absolute Gasteiger partial charge is 0.418 e. The van der Waals surface area contributed by atoms with Crippen LogP contribution in [0.3, 0.4) is 0 Å². The van der Waals surface area contributed by atoms with Gasteiger partial charge in [-0.1, -0.05) is 60.1 Å². The van der Waals surface area contributed by atoms with Gasteiger partial charge < -0.3 is 4.42 Å². The van der Waals surface area contributed by atoms with Crippen molar-refractivity contribution in [2.45, 2.75) is 0 Å². The second-order valence-corrected chi connectivity index (χ2v) is 6.66. The van der Waals surface area contributed by atoms with Gasteiger partial charge in [-0.2, -0.15) is 5.10 Å². The van der Waals surface area contributed by atoms with E-state index in [-0.39, 0.29) is 5.63 Å². The molecule has 0 amide bonds. The third-order valence-electron chi connectivity index (χ3n) is 4.54. The number of aromatic nitrogens is 2. The number of para-hydroxylation sites is 1. The van der Waals surface area contributed by atoms with Gasteiger partial charge in [0.05, 0.1) is 11.1 Å². The fourth-order valence-corrected chi connectivity index (χ4v) is 3.52. The minimum Gasteiger partial charge on any atom is -0.418 e. The van der Waals surface area contributed by atoms with Crippen molar-refractivity contribution < 1.29 is 4.42 Å². The molecule has 0 aliphatic rings. The first-order valence-corrected chi connectivity index (χ1v) is 8.86. The van der Waals surface area contributed by atoms with Crippen LogP contribution in [0, 0.1) is 0 Å². The van der Waals surface area contributed by atoms with Gasteiger partial charge in [-0.15, -0.1) is 0 Å². The van der Waals surface area contributed by atoms with E-state index in [1.165, 1.54) is 0 Å². The normalized spacial score (nSPS) is 11.3. The van der Waals surface area contributed by atoms with E-state index in [1.54, 1.807) is 12.1 Å². The van der Waals surface area contributed by atoms with Crippen molar-refractivity contribution in [3.05, 3.63) is 94.3 Å². The Kier molecular flexibility index (Phi) is 3.59. The molecule has 0 radical (unpaired) electrons. The highest BCUT2D eigenvalue weighted by molar-refractivity contribution is 6.30. The van der Waals surface area contributed by atoms with Crippen LogP contribution in [0.4, 0.5) is 0 Å². The lowest BCUT2D eigenvalue weighted by atomic mass is 10.1. The zero-order valence-corrected chi connectivity index (χ0v) is 14.9. The number of rotatable bonds is 2. The standard InChI is InChI=1S/C22H13ClN2O2/c23-15-8-6-7-14(13-15)19-21-20(25(24-19)16-9-2-1-3-10-16)17-11-4-5-12-18(17)22(26)27-21/h1-13H. The summed E-state index contributed by atoms with van der Waals surface area (Å²) >= 11 is 6.17. The van der Waals surface area contributed by atoms with E-state index < -0.39 is 0 Å². The van der Waals surface area contributed by atoms with Crippen molar-refractivity contribution in [2.75, 3.05) is 0 Å². The van der Waals surface area contributed by atoms with E-state index in [9.17, 15) is 4.79 Å². The number of halogens is 1. The third kappa shape index (κ3) is 2.54. The van der Waals surface area contributed by atoms with Gasteiger partial charge in [-0.25, -0.2) is 9.48 Å². The quantitative estimate of drug-likeness (QED) is 0.414. The molecule has 5 heteroatoms. The molecule has 0 bridgehead atoms. The van der Waals surface area contributed by atoms with Crippen LogP contribution in [0.5, 0.6) is 0 Å². The lowest BCUT2D eigenvalue weighted by Crippen LogP contribution is -2.01. The van der Waals surface area contributed by atoms with Crippen LogP contribution in [0.1, 0.15) is 0 Å². The molecular weight excluding hydrogens is 360 g/mol. The monoisotopic (exact) mass is 372 g/mol. The first-order valence-electron chi connectivity index (χ1n) is 8.48. The molecule has 2 aromatic heterocycles. The molecule has 0 unspecified atom stereocenters. The minimum atomic E-state index is -0.381. The lowest BCUT2D eigenvalue weighted by molar-refractivity contribution is 0.570. The van der Waals surface area contributed by atoms with Crippen molar-refractivity contribution in [1.82, 2.24) is 9.78 Å². The van der Waals surface area contributed by atoms with E-state index in [4.69, 9.17) is 21.1 Å². The van der Waals surface area contributed by atoms with Crippen molar-refractivity contribution in [1.29, 1.82) is 0 Å². The Morgan fingerprint density at radius 2 is 1.59 bits per heavy atom. The highest BCUT2D eigenvalue weighted by atomic mass is 35.5. The maximum Gasteiger partial charge on any atom is 0.344 e. The molecule has 0 saturated heterocycles. The van der Waals surface area contributed by atoms with Crippen LogP contribution in [-0.2, 0) is 0 Å². The number of benzene rings is 3. The fourth-order valence-electron chi connectivity index (χ4n) is 3.33. The smallest absolute Gasteiger partial charge is 0.344 e. The van der Waals surface area contributed by atoms with Gasteiger partial charge in [0, 0.05) is 16.0 Å². The number of hydrogen-bond acceptors (Lipinski definition) is 3. The average molecular weight is 373 g/mol. The average Bonchev–Trinajstić information content (AvgIpc) is 3.08. The zero-order chi connectivity index (χ0) is 18.4. The predicted molar refractivity (Wildman–Crippen MR) is 108 cm³/mol. The molecule has 130 valence electrons. The van der Waals surface area contributed by atoms with Crippen molar-refractivity contribution >= 4 is 33.5 Å². The van der Waals surface area contributed by atoms with Crippen LogP contribution in [-0.4, -0.2) is 9.78 Å². The maximum absolute atomic E-state index is 12.6. The summed E-state index contributed by atoms with van der Waals surface area (Å²) in [6.45, 7) is 0. The highest BCUT2D eigenvalue weighted by Gasteiger charge is 2.20. The first kappa shape index (κ1) is 15.9. The summed E-state index contributed by atoms with van der Waals surface area (Å²) < 4.78 is 7.54. The van der Waals surface area contributed by atoms with E-state index in [2.05, 4.69) is 0 Å². The summed E-state index contributed by atoms with van der Waals surface area (Å²) in [5, 5.41) is 6.71.